The number of carbonyl (C=O) groups excluding carboxylic acids is 2. The number of unbranched alkanes of at least 4 members (excludes halogenated alkanes) is 44. The Balaban J connectivity index is 3.88. The quantitative estimate of drug-likeness (QED) is 0.0264. The lowest BCUT2D eigenvalue weighted by Gasteiger charge is -2.19. The number of carbonyl (C=O) groups is 2. The average molecular weight is 1050 g/mol. The highest BCUT2D eigenvalue weighted by molar-refractivity contribution is 7.47. The van der Waals surface area contributed by atoms with Crippen LogP contribution in [0.5, 0.6) is 0 Å². The first-order chi connectivity index (χ1) is 35.8. The summed E-state index contributed by atoms with van der Waals surface area (Å²) in [7, 11) is -4.39. The lowest BCUT2D eigenvalue weighted by Crippen LogP contribution is -2.29. The number of ether oxygens (including phenoxy) is 2. The third kappa shape index (κ3) is 59.6. The molecule has 0 aliphatic rings. The van der Waals surface area contributed by atoms with Gasteiger partial charge in [0.15, 0.2) is 6.10 Å². The van der Waals surface area contributed by atoms with E-state index >= 15 is 0 Å². The minimum atomic E-state index is -4.39. The number of hydrogen-bond acceptors (Lipinski definition) is 8. The smallest absolute Gasteiger partial charge is 0.462 e. The molecule has 0 amide bonds. The summed E-state index contributed by atoms with van der Waals surface area (Å²) < 4.78 is 33.1. The van der Waals surface area contributed by atoms with Crippen LogP contribution in [0.2, 0.25) is 0 Å². The fourth-order valence-corrected chi connectivity index (χ4v) is 10.3. The van der Waals surface area contributed by atoms with Crippen molar-refractivity contribution in [3.05, 3.63) is 24.3 Å². The van der Waals surface area contributed by atoms with Crippen LogP contribution in [0.15, 0.2) is 24.3 Å². The number of phosphoric acid groups is 1. The molecule has 0 aliphatic heterocycles. The monoisotopic (exact) mass is 1050 g/mol. The van der Waals surface area contributed by atoms with Gasteiger partial charge >= 0.3 is 19.8 Å². The molecule has 0 fully saturated rings. The number of allylic oxidation sites excluding steroid dienone is 4. The summed E-state index contributed by atoms with van der Waals surface area (Å²) in [6, 6.07) is 0. The number of rotatable bonds is 61. The predicted octanol–water partition coefficient (Wildman–Crippen LogP) is 20.2. The summed E-state index contributed by atoms with van der Waals surface area (Å²) in [6.45, 7) is 3.81. The molecule has 0 aliphatic carbocycles. The van der Waals surface area contributed by atoms with Crippen molar-refractivity contribution in [3.63, 3.8) is 0 Å². The minimum absolute atomic E-state index is 0.0559. The van der Waals surface area contributed by atoms with Crippen molar-refractivity contribution >= 4 is 19.8 Å². The molecule has 0 aromatic carbocycles. The molecule has 0 bridgehead atoms. The summed E-state index contributed by atoms with van der Waals surface area (Å²) >= 11 is 0. The van der Waals surface area contributed by atoms with Gasteiger partial charge < -0.3 is 20.1 Å². The Bertz CT molecular complexity index is 1250. The molecule has 0 saturated heterocycles. The molecule has 73 heavy (non-hydrogen) atoms. The van der Waals surface area contributed by atoms with E-state index < -0.39 is 26.5 Å². The zero-order valence-electron chi connectivity index (χ0n) is 48.4. The Morgan fingerprint density at radius 2 is 0.671 bits per heavy atom. The van der Waals surface area contributed by atoms with Crippen molar-refractivity contribution in [2.24, 2.45) is 5.73 Å². The standard InChI is InChI=1S/C63H122NO8P/c1-3-5-7-9-11-13-15-17-19-21-23-25-27-28-29-30-31-32-34-36-38-40-42-44-46-48-50-52-54-56-63(66)72-61(60-71-73(67,68)70-58-57-64)59-69-62(65)55-53-51-49-47-45-43-41-39-37-35-33-26-24-22-20-18-16-14-12-10-8-6-4-2/h21-24,61H,3-20,25-60,64H2,1-2H3,(H,67,68)/b23-21-,24-22-. The van der Waals surface area contributed by atoms with Crippen molar-refractivity contribution < 1.29 is 37.6 Å². The maximum Gasteiger partial charge on any atom is 0.472 e. The molecule has 0 aromatic rings. The maximum absolute atomic E-state index is 12.7. The van der Waals surface area contributed by atoms with Crippen LogP contribution < -0.4 is 5.73 Å². The second-order valence-electron chi connectivity index (χ2n) is 21.6. The van der Waals surface area contributed by atoms with Gasteiger partial charge in [-0.05, 0) is 64.2 Å². The van der Waals surface area contributed by atoms with Gasteiger partial charge in [-0.15, -0.1) is 0 Å². The van der Waals surface area contributed by atoms with E-state index in [2.05, 4.69) is 38.2 Å². The Labute approximate surface area is 452 Å². The fraction of sp³-hybridized carbons (Fsp3) is 0.905. The molecule has 2 atom stereocenters. The summed E-state index contributed by atoms with van der Waals surface area (Å²) in [5, 5.41) is 0. The van der Waals surface area contributed by atoms with Gasteiger partial charge in [0, 0.05) is 19.4 Å². The highest BCUT2D eigenvalue weighted by atomic mass is 31.2. The van der Waals surface area contributed by atoms with Gasteiger partial charge in [-0.1, -0.05) is 282 Å². The van der Waals surface area contributed by atoms with Crippen molar-refractivity contribution in [3.8, 4) is 0 Å². The lowest BCUT2D eigenvalue weighted by molar-refractivity contribution is -0.161. The van der Waals surface area contributed by atoms with Crippen LogP contribution in [0.4, 0.5) is 0 Å². The number of phosphoric ester groups is 1. The van der Waals surface area contributed by atoms with E-state index in [0.29, 0.717) is 6.42 Å². The van der Waals surface area contributed by atoms with E-state index in [4.69, 9.17) is 24.3 Å². The molecule has 0 spiro atoms. The zero-order chi connectivity index (χ0) is 53.1. The van der Waals surface area contributed by atoms with Gasteiger partial charge in [0.05, 0.1) is 13.2 Å². The molecule has 10 heteroatoms. The third-order valence-corrected chi connectivity index (χ3v) is 15.3. The van der Waals surface area contributed by atoms with Crippen molar-refractivity contribution in [1.82, 2.24) is 0 Å². The van der Waals surface area contributed by atoms with Crippen LogP contribution in [0.3, 0.4) is 0 Å². The number of nitrogens with two attached hydrogens (primary N) is 1. The Morgan fingerprint density at radius 3 is 0.973 bits per heavy atom. The fourth-order valence-electron chi connectivity index (χ4n) is 9.57. The summed E-state index contributed by atoms with van der Waals surface area (Å²) in [5.74, 6) is -0.809. The van der Waals surface area contributed by atoms with Gasteiger partial charge in [-0.3, -0.25) is 18.6 Å². The van der Waals surface area contributed by atoms with E-state index in [0.717, 1.165) is 32.1 Å². The molecular weight excluding hydrogens is 930 g/mol. The number of esters is 2. The molecule has 0 heterocycles. The van der Waals surface area contributed by atoms with Crippen LogP contribution >= 0.6 is 7.82 Å². The predicted molar refractivity (Wildman–Crippen MR) is 312 cm³/mol. The van der Waals surface area contributed by atoms with Crippen LogP contribution in [0.1, 0.15) is 335 Å². The Morgan fingerprint density at radius 1 is 0.397 bits per heavy atom. The summed E-state index contributed by atoms with van der Waals surface area (Å²) in [4.78, 5) is 35.3. The molecule has 0 saturated carbocycles. The van der Waals surface area contributed by atoms with E-state index in [-0.39, 0.29) is 38.6 Å². The van der Waals surface area contributed by atoms with E-state index in [9.17, 15) is 19.0 Å². The van der Waals surface area contributed by atoms with Crippen molar-refractivity contribution in [1.29, 1.82) is 0 Å². The van der Waals surface area contributed by atoms with Crippen LogP contribution in [0, 0.1) is 0 Å². The largest absolute Gasteiger partial charge is 0.472 e. The normalized spacial score (nSPS) is 13.1. The van der Waals surface area contributed by atoms with Crippen LogP contribution in [-0.4, -0.2) is 49.3 Å². The van der Waals surface area contributed by atoms with E-state index in [1.807, 2.05) is 0 Å². The number of hydrogen-bond donors (Lipinski definition) is 2. The topological polar surface area (TPSA) is 134 Å². The molecule has 3 N–H and O–H groups in total. The first-order valence-corrected chi connectivity index (χ1v) is 33.3. The van der Waals surface area contributed by atoms with Gasteiger partial charge in [0.1, 0.15) is 6.61 Å². The molecule has 0 rings (SSSR count). The van der Waals surface area contributed by atoms with Crippen molar-refractivity contribution in [2.75, 3.05) is 26.4 Å². The van der Waals surface area contributed by atoms with Gasteiger partial charge in [-0.25, -0.2) is 4.57 Å². The highest BCUT2D eigenvalue weighted by Gasteiger charge is 2.26. The lowest BCUT2D eigenvalue weighted by atomic mass is 10.0. The second-order valence-corrected chi connectivity index (χ2v) is 23.1. The Hall–Kier alpha value is -1.51. The zero-order valence-corrected chi connectivity index (χ0v) is 49.3. The van der Waals surface area contributed by atoms with Gasteiger partial charge in [0.2, 0.25) is 0 Å². The molecule has 0 radical (unpaired) electrons. The molecular formula is C63H122NO8P. The highest BCUT2D eigenvalue weighted by Crippen LogP contribution is 2.43. The van der Waals surface area contributed by atoms with E-state index in [1.165, 1.54) is 270 Å². The first-order valence-electron chi connectivity index (χ1n) is 31.8. The average Bonchev–Trinajstić information content (AvgIpc) is 3.38. The third-order valence-electron chi connectivity index (χ3n) is 14.3. The first kappa shape index (κ1) is 71.5. The summed E-state index contributed by atoms with van der Waals surface area (Å²) in [5.41, 5.74) is 5.39. The molecule has 0 aromatic heterocycles. The second kappa shape index (κ2) is 59.7. The van der Waals surface area contributed by atoms with Crippen LogP contribution in [0.25, 0.3) is 0 Å². The molecule has 2 unspecified atom stereocenters. The van der Waals surface area contributed by atoms with E-state index in [1.54, 1.807) is 0 Å². The van der Waals surface area contributed by atoms with Crippen molar-refractivity contribution in [2.45, 2.75) is 341 Å². The maximum atomic E-state index is 12.7. The molecule has 432 valence electrons. The SMILES string of the molecule is CCCCCCCCCC/C=C\CCCCCCCCCCCCCCCCCCCC(=O)OC(COC(=O)CCCCCCCCCCCCC/C=C\CCCCCCCCCC)COP(=O)(O)OCCN. The van der Waals surface area contributed by atoms with Gasteiger partial charge in [-0.2, -0.15) is 0 Å². The van der Waals surface area contributed by atoms with Gasteiger partial charge in [0.25, 0.3) is 0 Å². The molecule has 9 nitrogen and oxygen atoms in total. The Kier molecular flexibility index (Phi) is 58.5. The minimum Gasteiger partial charge on any atom is -0.462 e. The summed E-state index contributed by atoms with van der Waals surface area (Å²) in [6.07, 6.45) is 71.1. The van der Waals surface area contributed by atoms with Crippen LogP contribution in [-0.2, 0) is 32.7 Å².